The maximum Gasteiger partial charge on any atom is 0.278 e. The summed E-state index contributed by atoms with van der Waals surface area (Å²) in [7, 11) is 0. The van der Waals surface area contributed by atoms with Gasteiger partial charge in [-0.15, -0.1) is 5.10 Å². The van der Waals surface area contributed by atoms with E-state index in [0.717, 1.165) is 4.68 Å². The third kappa shape index (κ3) is 3.55. The maximum atomic E-state index is 12.9. The fraction of sp³-hybridized carbons (Fsp3) is 0.211. The van der Waals surface area contributed by atoms with Crippen molar-refractivity contribution in [3.63, 3.8) is 0 Å². The van der Waals surface area contributed by atoms with Crippen LogP contribution in [0.3, 0.4) is 0 Å². The summed E-state index contributed by atoms with van der Waals surface area (Å²) in [5, 5.41) is 11.0. The normalized spacial score (nSPS) is 12.1. The van der Waals surface area contributed by atoms with Crippen molar-refractivity contribution in [1.29, 1.82) is 0 Å². The van der Waals surface area contributed by atoms with Crippen LogP contribution in [0.5, 0.6) is 0 Å². The van der Waals surface area contributed by atoms with Gasteiger partial charge >= 0.3 is 0 Å². The van der Waals surface area contributed by atoms with E-state index in [9.17, 15) is 14.4 Å². The van der Waals surface area contributed by atoms with Gasteiger partial charge in [-0.2, -0.15) is 4.68 Å². The molecule has 0 bridgehead atoms. The number of nitrogens with two attached hydrogens (primary N) is 1. The van der Waals surface area contributed by atoms with E-state index in [1.807, 2.05) is 0 Å². The first-order chi connectivity index (χ1) is 12.9. The lowest BCUT2D eigenvalue weighted by Crippen LogP contribution is -2.38. The Hall–Kier alpha value is -3.55. The fourth-order valence-corrected chi connectivity index (χ4v) is 2.89. The Balaban J connectivity index is 2.02. The molecule has 0 aliphatic heterocycles. The van der Waals surface area contributed by atoms with Crippen molar-refractivity contribution >= 4 is 28.4 Å². The van der Waals surface area contributed by atoms with E-state index >= 15 is 0 Å². The summed E-state index contributed by atoms with van der Waals surface area (Å²) in [5.41, 5.74) is 5.88. The molecule has 0 aliphatic rings. The van der Waals surface area contributed by atoms with Crippen molar-refractivity contribution in [2.45, 2.75) is 19.9 Å². The number of hydrogen-bond acceptors (Lipinski definition) is 5. The molecule has 8 nitrogen and oxygen atoms in total. The molecule has 8 heteroatoms. The molecular weight excluding hydrogens is 346 g/mol. The number of nitrogens with one attached hydrogen (secondary N) is 1. The topological polar surface area (TPSA) is 120 Å². The first kappa shape index (κ1) is 18.2. The predicted molar refractivity (Wildman–Crippen MR) is 101 cm³/mol. The third-order valence-electron chi connectivity index (χ3n) is 4.21. The van der Waals surface area contributed by atoms with Crippen LogP contribution in [0.1, 0.15) is 30.2 Å². The highest BCUT2D eigenvalue weighted by molar-refractivity contribution is 6.03. The van der Waals surface area contributed by atoms with E-state index in [1.54, 1.807) is 56.3 Å². The highest BCUT2D eigenvalue weighted by Gasteiger charge is 2.28. The molecule has 2 amide bonds. The van der Waals surface area contributed by atoms with Crippen LogP contribution in [0, 0.1) is 5.92 Å². The van der Waals surface area contributed by atoms with Crippen LogP contribution in [0.15, 0.2) is 53.3 Å². The van der Waals surface area contributed by atoms with Gasteiger partial charge in [0.15, 0.2) is 0 Å². The zero-order valence-electron chi connectivity index (χ0n) is 14.9. The summed E-state index contributed by atoms with van der Waals surface area (Å²) in [5.74, 6) is -1.39. The number of carbonyl (C=O) groups excluding carboxylic acids is 2. The Morgan fingerprint density at radius 1 is 1.07 bits per heavy atom. The molecule has 1 unspecified atom stereocenters. The van der Waals surface area contributed by atoms with E-state index in [2.05, 4.69) is 15.6 Å². The second kappa shape index (κ2) is 7.36. The number of aromatic nitrogens is 3. The Labute approximate surface area is 155 Å². The average Bonchev–Trinajstić information content (AvgIpc) is 2.64. The quantitative estimate of drug-likeness (QED) is 0.713. The number of carbonyl (C=O) groups is 2. The second-order valence-corrected chi connectivity index (χ2v) is 6.44. The van der Waals surface area contributed by atoms with E-state index in [-0.39, 0.29) is 17.2 Å². The van der Waals surface area contributed by atoms with Gasteiger partial charge in [0.1, 0.15) is 11.6 Å². The van der Waals surface area contributed by atoms with Crippen molar-refractivity contribution in [3.05, 3.63) is 64.4 Å². The van der Waals surface area contributed by atoms with Crippen LogP contribution in [-0.2, 0) is 4.79 Å². The molecule has 1 atom stereocenters. The molecule has 0 fully saturated rings. The second-order valence-electron chi connectivity index (χ2n) is 6.44. The molecule has 3 rings (SSSR count). The summed E-state index contributed by atoms with van der Waals surface area (Å²) in [6.45, 7) is 3.60. The Morgan fingerprint density at radius 2 is 1.74 bits per heavy atom. The van der Waals surface area contributed by atoms with E-state index in [4.69, 9.17) is 5.73 Å². The predicted octanol–water partition coefficient (Wildman–Crippen LogP) is 1.73. The summed E-state index contributed by atoms with van der Waals surface area (Å²) in [4.78, 5) is 37.3. The molecule has 0 saturated heterocycles. The fourth-order valence-electron chi connectivity index (χ4n) is 2.89. The van der Waals surface area contributed by atoms with Gasteiger partial charge in [-0.05, 0) is 30.2 Å². The third-order valence-corrected chi connectivity index (χ3v) is 4.21. The SMILES string of the molecule is CC(C)C(C(=O)Nc1ccccc1C(N)=O)n1nnc2ccccc2c1=O. The van der Waals surface area contributed by atoms with Gasteiger partial charge in [-0.3, -0.25) is 14.4 Å². The lowest BCUT2D eigenvalue weighted by atomic mass is 10.0. The van der Waals surface area contributed by atoms with Crippen molar-refractivity contribution < 1.29 is 9.59 Å². The molecule has 138 valence electrons. The number of benzene rings is 2. The van der Waals surface area contributed by atoms with Crippen molar-refractivity contribution in [2.24, 2.45) is 11.7 Å². The van der Waals surface area contributed by atoms with Crippen LogP contribution in [0.2, 0.25) is 0 Å². The van der Waals surface area contributed by atoms with Gasteiger partial charge in [0.25, 0.3) is 11.5 Å². The number of anilines is 1. The standard InChI is InChI=1S/C19H19N5O3/c1-11(2)16(18(26)21-14-9-5-3-7-12(14)17(20)25)24-19(27)13-8-4-6-10-15(13)22-23-24/h3-11,16H,1-2H3,(H2,20,25)(H,21,26). The largest absolute Gasteiger partial charge is 0.366 e. The number of rotatable bonds is 5. The lowest BCUT2D eigenvalue weighted by molar-refractivity contribution is -0.120. The number of para-hydroxylation sites is 1. The molecule has 1 heterocycles. The van der Waals surface area contributed by atoms with E-state index in [1.165, 1.54) is 6.07 Å². The molecule has 2 aromatic carbocycles. The molecule has 0 spiro atoms. The highest BCUT2D eigenvalue weighted by atomic mass is 16.2. The molecule has 1 aromatic heterocycles. The van der Waals surface area contributed by atoms with Crippen LogP contribution in [0.4, 0.5) is 5.69 Å². The van der Waals surface area contributed by atoms with Crippen LogP contribution in [-0.4, -0.2) is 26.8 Å². The molecular formula is C19H19N5O3. The maximum absolute atomic E-state index is 12.9. The number of hydrogen-bond donors (Lipinski definition) is 2. The van der Waals surface area contributed by atoms with E-state index < -0.39 is 23.4 Å². The molecule has 0 aliphatic carbocycles. The summed E-state index contributed by atoms with van der Waals surface area (Å²) >= 11 is 0. The van der Waals surface area contributed by atoms with Crippen molar-refractivity contribution in [3.8, 4) is 0 Å². The Kier molecular flexibility index (Phi) is 4.98. The first-order valence-corrected chi connectivity index (χ1v) is 8.44. The zero-order valence-corrected chi connectivity index (χ0v) is 14.9. The van der Waals surface area contributed by atoms with Gasteiger partial charge in [0.2, 0.25) is 5.91 Å². The number of nitrogens with zero attached hydrogens (tertiary/aromatic N) is 3. The van der Waals surface area contributed by atoms with Crippen molar-refractivity contribution in [2.75, 3.05) is 5.32 Å². The smallest absolute Gasteiger partial charge is 0.278 e. The minimum atomic E-state index is -0.907. The van der Waals surface area contributed by atoms with Crippen LogP contribution < -0.4 is 16.6 Å². The molecule has 0 radical (unpaired) electrons. The van der Waals surface area contributed by atoms with Crippen molar-refractivity contribution in [1.82, 2.24) is 15.0 Å². The number of fused-ring (bicyclic) bond motifs is 1. The zero-order chi connectivity index (χ0) is 19.6. The lowest BCUT2D eigenvalue weighted by Gasteiger charge is -2.21. The summed E-state index contributed by atoms with van der Waals surface area (Å²) in [6.07, 6.45) is 0. The Morgan fingerprint density at radius 3 is 2.44 bits per heavy atom. The summed E-state index contributed by atoms with van der Waals surface area (Å²) < 4.78 is 1.08. The van der Waals surface area contributed by atoms with Gasteiger partial charge in [-0.1, -0.05) is 43.3 Å². The van der Waals surface area contributed by atoms with Crippen LogP contribution in [0.25, 0.3) is 10.9 Å². The molecule has 3 aromatic rings. The van der Waals surface area contributed by atoms with Gasteiger partial charge in [-0.25, -0.2) is 0 Å². The monoisotopic (exact) mass is 365 g/mol. The first-order valence-electron chi connectivity index (χ1n) is 8.44. The van der Waals surface area contributed by atoms with Gasteiger partial charge < -0.3 is 11.1 Å². The minimum absolute atomic E-state index is 0.185. The average molecular weight is 365 g/mol. The molecule has 0 saturated carbocycles. The van der Waals surface area contributed by atoms with E-state index in [0.29, 0.717) is 10.9 Å². The highest BCUT2D eigenvalue weighted by Crippen LogP contribution is 2.21. The van der Waals surface area contributed by atoms with Crippen LogP contribution >= 0.6 is 0 Å². The Bertz CT molecular complexity index is 1070. The van der Waals surface area contributed by atoms with Gasteiger partial charge in [0.05, 0.1) is 16.6 Å². The number of amides is 2. The van der Waals surface area contributed by atoms with Gasteiger partial charge in [0, 0.05) is 0 Å². The molecule has 27 heavy (non-hydrogen) atoms. The minimum Gasteiger partial charge on any atom is -0.366 e. The summed E-state index contributed by atoms with van der Waals surface area (Å²) in [6, 6.07) is 12.3. The molecule has 3 N–H and O–H groups in total. The number of primary amides is 1.